The Bertz CT molecular complexity index is 783. The molecule has 1 aliphatic heterocycles. The van der Waals surface area contributed by atoms with Gasteiger partial charge in [-0.1, -0.05) is 30.3 Å². The van der Waals surface area contributed by atoms with E-state index < -0.39 is 0 Å². The third kappa shape index (κ3) is 6.08. The van der Waals surface area contributed by atoms with Gasteiger partial charge < -0.3 is 10.6 Å². The molecule has 148 valence electrons. The second kappa shape index (κ2) is 11.1. The van der Waals surface area contributed by atoms with E-state index in [-0.39, 0.29) is 29.7 Å². The molecule has 0 atom stereocenters. The van der Waals surface area contributed by atoms with Gasteiger partial charge >= 0.3 is 5.69 Å². The average molecular weight is 484 g/mol. The van der Waals surface area contributed by atoms with Crippen molar-refractivity contribution in [1.82, 2.24) is 25.0 Å². The number of aromatic nitrogens is 3. The topological polar surface area (TPSA) is 76.2 Å². The Morgan fingerprint density at radius 1 is 1.19 bits per heavy atom. The fourth-order valence-electron chi connectivity index (χ4n) is 3.22. The SMILES string of the molecule is CN=C(NCCCn1nc2n(c1=O)CCCC2)NCCc1ccccc1.I. The number of nitrogens with one attached hydrogen (secondary N) is 2. The van der Waals surface area contributed by atoms with Gasteiger partial charge in [-0.3, -0.25) is 9.56 Å². The lowest BCUT2D eigenvalue weighted by Gasteiger charge is -2.11. The Morgan fingerprint density at radius 3 is 2.70 bits per heavy atom. The molecule has 1 aromatic carbocycles. The molecule has 0 aliphatic carbocycles. The minimum Gasteiger partial charge on any atom is -0.356 e. The van der Waals surface area contributed by atoms with Crippen molar-refractivity contribution in [2.75, 3.05) is 20.1 Å². The standard InChI is InChI=1S/C19H28N6O.HI/c1-20-18(22-13-11-16-8-3-2-4-9-16)21-12-7-15-25-19(26)24-14-6-5-10-17(24)23-25;/h2-4,8-9H,5-7,10-15H2,1H3,(H2,20,21,22);1H. The molecule has 0 unspecified atom stereocenters. The Labute approximate surface area is 177 Å². The van der Waals surface area contributed by atoms with Crippen molar-refractivity contribution in [3.05, 3.63) is 52.2 Å². The quantitative estimate of drug-likeness (QED) is 0.272. The number of nitrogens with zero attached hydrogens (tertiary/aromatic N) is 4. The van der Waals surface area contributed by atoms with Gasteiger partial charge in [0.25, 0.3) is 0 Å². The van der Waals surface area contributed by atoms with Crippen LogP contribution in [0.25, 0.3) is 0 Å². The van der Waals surface area contributed by atoms with Gasteiger partial charge in [0, 0.05) is 39.6 Å². The minimum absolute atomic E-state index is 0. The van der Waals surface area contributed by atoms with Crippen LogP contribution < -0.4 is 16.3 Å². The van der Waals surface area contributed by atoms with Crippen LogP contribution in [-0.4, -0.2) is 40.4 Å². The van der Waals surface area contributed by atoms with Crippen molar-refractivity contribution < 1.29 is 0 Å². The molecular weight excluding hydrogens is 455 g/mol. The van der Waals surface area contributed by atoms with Crippen LogP contribution in [0.4, 0.5) is 0 Å². The first kappa shape index (κ1) is 21.5. The molecular formula is C19H29IN6O. The second-order valence-corrected chi connectivity index (χ2v) is 6.55. The van der Waals surface area contributed by atoms with Crippen LogP contribution in [-0.2, 0) is 25.9 Å². The zero-order valence-corrected chi connectivity index (χ0v) is 18.2. The highest BCUT2D eigenvalue weighted by molar-refractivity contribution is 14.0. The third-order valence-electron chi connectivity index (χ3n) is 4.64. The monoisotopic (exact) mass is 484 g/mol. The van der Waals surface area contributed by atoms with Crippen LogP contribution in [0.15, 0.2) is 40.1 Å². The molecule has 0 saturated heterocycles. The predicted octanol–water partition coefficient (Wildman–Crippen LogP) is 1.80. The van der Waals surface area contributed by atoms with Crippen molar-refractivity contribution in [2.45, 2.75) is 45.2 Å². The summed E-state index contributed by atoms with van der Waals surface area (Å²) < 4.78 is 3.43. The normalized spacial score (nSPS) is 13.6. The molecule has 3 rings (SSSR count). The summed E-state index contributed by atoms with van der Waals surface area (Å²) in [5.41, 5.74) is 1.34. The maximum absolute atomic E-state index is 12.3. The van der Waals surface area contributed by atoms with E-state index in [0.29, 0.717) is 6.54 Å². The number of hydrogen-bond donors (Lipinski definition) is 2. The van der Waals surface area contributed by atoms with Gasteiger partial charge in [-0.15, -0.1) is 24.0 Å². The van der Waals surface area contributed by atoms with Crippen LogP contribution >= 0.6 is 24.0 Å². The number of benzene rings is 1. The molecule has 0 fully saturated rings. The predicted molar refractivity (Wildman–Crippen MR) is 119 cm³/mol. The van der Waals surface area contributed by atoms with Gasteiger partial charge in [0.1, 0.15) is 5.82 Å². The van der Waals surface area contributed by atoms with Gasteiger partial charge in [-0.05, 0) is 31.2 Å². The molecule has 8 heteroatoms. The summed E-state index contributed by atoms with van der Waals surface area (Å²) in [5, 5.41) is 11.1. The third-order valence-corrected chi connectivity index (χ3v) is 4.64. The number of fused-ring (bicyclic) bond motifs is 1. The number of aliphatic imine (C=N–C) groups is 1. The highest BCUT2D eigenvalue weighted by atomic mass is 127. The van der Waals surface area contributed by atoms with E-state index in [1.54, 1.807) is 11.7 Å². The van der Waals surface area contributed by atoms with Gasteiger partial charge in [0.15, 0.2) is 5.96 Å². The van der Waals surface area contributed by atoms with Crippen LogP contribution in [0.3, 0.4) is 0 Å². The van der Waals surface area contributed by atoms with Gasteiger partial charge in [0.2, 0.25) is 0 Å². The van der Waals surface area contributed by atoms with E-state index in [0.717, 1.165) is 63.5 Å². The van der Waals surface area contributed by atoms with Crippen molar-refractivity contribution in [1.29, 1.82) is 0 Å². The maximum Gasteiger partial charge on any atom is 0.345 e. The number of hydrogen-bond acceptors (Lipinski definition) is 3. The Hall–Kier alpha value is -1.84. The maximum atomic E-state index is 12.3. The molecule has 0 radical (unpaired) electrons. The molecule has 27 heavy (non-hydrogen) atoms. The number of halogens is 1. The molecule has 1 aliphatic rings. The summed E-state index contributed by atoms with van der Waals surface area (Å²) in [7, 11) is 1.77. The van der Waals surface area contributed by atoms with E-state index in [9.17, 15) is 4.79 Å². The van der Waals surface area contributed by atoms with Crippen LogP contribution in [0.5, 0.6) is 0 Å². The Kier molecular flexibility index (Phi) is 8.83. The van der Waals surface area contributed by atoms with E-state index in [1.807, 2.05) is 10.6 Å². The number of guanidine groups is 1. The highest BCUT2D eigenvalue weighted by Crippen LogP contribution is 2.09. The highest BCUT2D eigenvalue weighted by Gasteiger charge is 2.16. The molecule has 0 spiro atoms. The van der Waals surface area contributed by atoms with Crippen molar-refractivity contribution in [3.63, 3.8) is 0 Å². The summed E-state index contributed by atoms with van der Waals surface area (Å²) in [4.78, 5) is 16.5. The fraction of sp³-hybridized carbons (Fsp3) is 0.526. The molecule has 1 aromatic heterocycles. The molecule has 2 N–H and O–H groups in total. The summed E-state index contributed by atoms with van der Waals surface area (Å²) in [6.45, 7) is 3.02. The summed E-state index contributed by atoms with van der Waals surface area (Å²) in [6, 6.07) is 10.4. The summed E-state index contributed by atoms with van der Waals surface area (Å²) >= 11 is 0. The van der Waals surface area contributed by atoms with E-state index in [2.05, 4.69) is 45.0 Å². The van der Waals surface area contributed by atoms with Crippen molar-refractivity contribution in [3.8, 4) is 0 Å². The molecule has 2 heterocycles. The summed E-state index contributed by atoms with van der Waals surface area (Å²) in [5.74, 6) is 1.73. The van der Waals surface area contributed by atoms with Crippen LogP contribution in [0.1, 0.15) is 30.7 Å². The van der Waals surface area contributed by atoms with Crippen LogP contribution in [0, 0.1) is 0 Å². The van der Waals surface area contributed by atoms with Gasteiger partial charge in [0.05, 0.1) is 0 Å². The first-order valence-electron chi connectivity index (χ1n) is 9.43. The average Bonchev–Trinajstić information content (AvgIpc) is 3.00. The number of rotatable bonds is 7. The Balaban J connectivity index is 0.00000261. The molecule has 7 nitrogen and oxygen atoms in total. The largest absolute Gasteiger partial charge is 0.356 e. The van der Waals surface area contributed by atoms with E-state index in [1.165, 1.54) is 5.56 Å². The fourth-order valence-corrected chi connectivity index (χ4v) is 3.22. The first-order valence-corrected chi connectivity index (χ1v) is 9.43. The lowest BCUT2D eigenvalue weighted by Crippen LogP contribution is -2.39. The lowest BCUT2D eigenvalue weighted by molar-refractivity contribution is 0.509. The van der Waals surface area contributed by atoms with Gasteiger partial charge in [-0.25, -0.2) is 9.48 Å². The molecule has 2 aromatic rings. The smallest absolute Gasteiger partial charge is 0.345 e. The number of aryl methyl sites for hydroxylation is 2. The van der Waals surface area contributed by atoms with Crippen molar-refractivity contribution >= 4 is 29.9 Å². The molecule has 0 bridgehead atoms. The lowest BCUT2D eigenvalue weighted by atomic mass is 10.1. The van der Waals surface area contributed by atoms with E-state index >= 15 is 0 Å². The first-order chi connectivity index (χ1) is 12.8. The van der Waals surface area contributed by atoms with Gasteiger partial charge in [-0.2, -0.15) is 5.10 Å². The van der Waals surface area contributed by atoms with E-state index in [4.69, 9.17) is 0 Å². The minimum atomic E-state index is 0. The molecule has 0 amide bonds. The zero-order valence-electron chi connectivity index (χ0n) is 15.9. The zero-order chi connectivity index (χ0) is 18.2. The Morgan fingerprint density at radius 2 is 1.96 bits per heavy atom. The van der Waals surface area contributed by atoms with Crippen LogP contribution in [0.2, 0.25) is 0 Å². The summed E-state index contributed by atoms with van der Waals surface area (Å²) in [6.07, 6.45) is 4.90. The second-order valence-electron chi connectivity index (χ2n) is 6.55. The van der Waals surface area contributed by atoms with Crippen molar-refractivity contribution in [2.24, 2.45) is 4.99 Å². The molecule has 0 saturated carbocycles.